The summed E-state index contributed by atoms with van der Waals surface area (Å²) in [4.78, 5) is 11.7. The van der Waals surface area contributed by atoms with Crippen LogP contribution in [0.25, 0.3) is 11.5 Å². The van der Waals surface area contributed by atoms with Crippen LogP contribution in [-0.2, 0) is 0 Å². The second-order valence-corrected chi connectivity index (χ2v) is 2.45. The molecule has 2 heterocycles. The van der Waals surface area contributed by atoms with E-state index in [4.69, 9.17) is 11.6 Å². The summed E-state index contributed by atoms with van der Waals surface area (Å²) in [5, 5.41) is 6.68. The second-order valence-electron chi connectivity index (χ2n) is 2.06. The van der Waals surface area contributed by atoms with Crippen LogP contribution < -0.4 is 0 Å². The van der Waals surface area contributed by atoms with E-state index in [1.165, 1.54) is 12.5 Å². The van der Waals surface area contributed by atoms with Crippen molar-refractivity contribution >= 4 is 11.6 Å². The van der Waals surface area contributed by atoms with E-state index in [9.17, 15) is 0 Å². The molecule has 1 N–H and O–H groups in total. The van der Waals surface area contributed by atoms with Gasteiger partial charge in [-0.05, 0) is 0 Å². The van der Waals surface area contributed by atoms with E-state index in [2.05, 4.69) is 25.1 Å². The molecule has 2 aromatic heterocycles. The highest BCUT2D eigenvalue weighted by Gasteiger charge is 2.02. The average molecular weight is 182 g/mol. The number of halogens is 1. The molecule has 60 valence electrons. The van der Waals surface area contributed by atoms with E-state index in [1.807, 2.05) is 0 Å². The number of hydrogen-bond acceptors (Lipinski definition) is 4. The third-order valence-electron chi connectivity index (χ3n) is 1.26. The van der Waals surface area contributed by atoms with Crippen LogP contribution in [0.4, 0.5) is 0 Å². The van der Waals surface area contributed by atoms with Crippen LogP contribution in [0.2, 0.25) is 5.15 Å². The zero-order chi connectivity index (χ0) is 8.39. The predicted molar refractivity (Wildman–Crippen MR) is 42.4 cm³/mol. The summed E-state index contributed by atoms with van der Waals surface area (Å²) >= 11 is 5.63. The molecule has 0 aliphatic heterocycles. The molecule has 2 rings (SSSR count). The third kappa shape index (κ3) is 1.26. The van der Waals surface area contributed by atoms with E-state index in [0.717, 1.165) is 0 Å². The van der Waals surface area contributed by atoms with Crippen LogP contribution in [0.5, 0.6) is 0 Å². The lowest BCUT2D eigenvalue weighted by molar-refractivity contribution is 1.08. The first-order valence-corrected chi connectivity index (χ1v) is 3.57. The minimum Gasteiger partial charge on any atom is -0.259 e. The van der Waals surface area contributed by atoms with Gasteiger partial charge in [0.25, 0.3) is 0 Å². The van der Waals surface area contributed by atoms with E-state index >= 15 is 0 Å². The van der Waals surface area contributed by atoms with Crippen LogP contribution in [0.15, 0.2) is 18.7 Å². The standard InChI is InChI=1S/C6H4ClN5/c7-5-2-8-1-4(11-5)6-9-3-10-12-6/h1-3H,(H,9,10,12). The third-order valence-corrected chi connectivity index (χ3v) is 1.44. The zero-order valence-electron chi connectivity index (χ0n) is 5.90. The SMILES string of the molecule is Clc1cncc(-c2ncn[nH]2)n1. The number of aromatic nitrogens is 5. The first-order valence-electron chi connectivity index (χ1n) is 3.19. The van der Waals surface area contributed by atoms with Crippen LogP contribution in [0.3, 0.4) is 0 Å². The first-order chi connectivity index (χ1) is 5.86. The molecule has 0 bridgehead atoms. The Hall–Kier alpha value is -1.49. The molecule has 0 saturated carbocycles. The van der Waals surface area contributed by atoms with Gasteiger partial charge in [-0.1, -0.05) is 11.6 Å². The Labute approximate surface area is 72.8 Å². The van der Waals surface area contributed by atoms with Crippen molar-refractivity contribution in [1.82, 2.24) is 25.1 Å². The van der Waals surface area contributed by atoms with Gasteiger partial charge in [0, 0.05) is 0 Å². The summed E-state index contributed by atoms with van der Waals surface area (Å²) in [5.41, 5.74) is 0.583. The molecule has 0 saturated heterocycles. The molecule has 0 atom stereocenters. The van der Waals surface area contributed by atoms with Crippen molar-refractivity contribution in [3.05, 3.63) is 23.9 Å². The lowest BCUT2D eigenvalue weighted by Crippen LogP contribution is -1.87. The van der Waals surface area contributed by atoms with Crippen molar-refractivity contribution in [2.75, 3.05) is 0 Å². The molecule has 0 amide bonds. The quantitative estimate of drug-likeness (QED) is 0.710. The van der Waals surface area contributed by atoms with Gasteiger partial charge in [0.1, 0.15) is 17.2 Å². The number of nitrogens with zero attached hydrogens (tertiary/aromatic N) is 4. The molecule has 12 heavy (non-hydrogen) atoms. The van der Waals surface area contributed by atoms with Crippen molar-refractivity contribution in [2.45, 2.75) is 0 Å². The van der Waals surface area contributed by atoms with Gasteiger partial charge in [0.15, 0.2) is 5.82 Å². The van der Waals surface area contributed by atoms with Gasteiger partial charge >= 0.3 is 0 Å². The van der Waals surface area contributed by atoms with E-state index < -0.39 is 0 Å². The highest BCUT2D eigenvalue weighted by Crippen LogP contribution is 2.10. The van der Waals surface area contributed by atoms with Crippen LogP contribution in [0, 0.1) is 0 Å². The van der Waals surface area contributed by atoms with Crippen molar-refractivity contribution in [2.24, 2.45) is 0 Å². The highest BCUT2D eigenvalue weighted by atomic mass is 35.5. The smallest absolute Gasteiger partial charge is 0.175 e. The van der Waals surface area contributed by atoms with E-state index in [-0.39, 0.29) is 0 Å². The maximum Gasteiger partial charge on any atom is 0.175 e. The molecule has 0 aromatic carbocycles. The molecule has 0 fully saturated rings. The summed E-state index contributed by atoms with van der Waals surface area (Å²) in [7, 11) is 0. The predicted octanol–water partition coefficient (Wildman–Crippen LogP) is 0.915. The van der Waals surface area contributed by atoms with Crippen molar-refractivity contribution in [3.63, 3.8) is 0 Å². The summed E-state index contributed by atoms with van der Waals surface area (Å²) < 4.78 is 0. The fraction of sp³-hybridized carbons (Fsp3) is 0. The fourth-order valence-corrected chi connectivity index (χ4v) is 0.933. The Morgan fingerprint density at radius 1 is 1.33 bits per heavy atom. The Bertz CT molecular complexity index is 371. The van der Waals surface area contributed by atoms with Gasteiger partial charge in [-0.15, -0.1) is 0 Å². The summed E-state index contributed by atoms with van der Waals surface area (Å²) in [6.07, 6.45) is 4.42. The van der Waals surface area contributed by atoms with Gasteiger partial charge in [-0.2, -0.15) is 5.10 Å². The van der Waals surface area contributed by atoms with Gasteiger partial charge in [0.05, 0.1) is 12.4 Å². The Morgan fingerprint density at radius 3 is 2.92 bits per heavy atom. The summed E-state index contributed by atoms with van der Waals surface area (Å²) in [5.74, 6) is 0.560. The molecule has 2 aromatic rings. The van der Waals surface area contributed by atoms with E-state index in [1.54, 1.807) is 6.20 Å². The number of hydrogen-bond donors (Lipinski definition) is 1. The minimum atomic E-state index is 0.337. The summed E-state index contributed by atoms with van der Waals surface area (Å²) in [6.45, 7) is 0. The number of H-pyrrole nitrogens is 1. The Morgan fingerprint density at radius 2 is 2.25 bits per heavy atom. The van der Waals surface area contributed by atoms with E-state index in [0.29, 0.717) is 16.7 Å². The molecule has 0 radical (unpaired) electrons. The van der Waals surface area contributed by atoms with Gasteiger partial charge in [-0.3, -0.25) is 10.1 Å². The van der Waals surface area contributed by atoms with Crippen LogP contribution >= 0.6 is 11.6 Å². The monoisotopic (exact) mass is 181 g/mol. The van der Waals surface area contributed by atoms with Crippen molar-refractivity contribution in [1.29, 1.82) is 0 Å². The molecule has 0 aliphatic carbocycles. The van der Waals surface area contributed by atoms with Gasteiger partial charge in [0.2, 0.25) is 0 Å². The van der Waals surface area contributed by atoms with Gasteiger partial charge < -0.3 is 0 Å². The summed E-state index contributed by atoms with van der Waals surface area (Å²) in [6, 6.07) is 0. The molecule has 6 heteroatoms. The largest absolute Gasteiger partial charge is 0.259 e. The first kappa shape index (κ1) is 7.17. The topological polar surface area (TPSA) is 67.3 Å². The van der Waals surface area contributed by atoms with Crippen LogP contribution in [-0.4, -0.2) is 25.1 Å². The Balaban J connectivity index is 2.48. The van der Waals surface area contributed by atoms with Crippen LogP contribution in [0.1, 0.15) is 0 Å². The zero-order valence-corrected chi connectivity index (χ0v) is 6.65. The fourth-order valence-electron chi connectivity index (χ4n) is 0.785. The number of nitrogens with one attached hydrogen (secondary N) is 1. The lowest BCUT2D eigenvalue weighted by Gasteiger charge is -1.93. The molecular formula is C6H4ClN5. The molecule has 5 nitrogen and oxygen atoms in total. The lowest BCUT2D eigenvalue weighted by atomic mass is 10.4. The number of rotatable bonds is 1. The normalized spacial score (nSPS) is 10.1. The minimum absolute atomic E-state index is 0.337. The number of aromatic amines is 1. The average Bonchev–Trinajstić information content (AvgIpc) is 2.56. The van der Waals surface area contributed by atoms with Crippen molar-refractivity contribution < 1.29 is 0 Å². The molecule has 0 aliphatic rings. The molecular weight excluding hydrogens is 178 g/mol. The maximum atomic E-state index is 5.63. The highest BCUT2D eigenvalue weighted by molar-refractivity contribution is 6.29. The maximum absolute atomic E-state index is 5.63. The Kier molecular flexibility index (Phi) is 1.71. The molecule has 0 spiro atoms. The van der Waals surface area contributed by atoms with Gasteiger partial charge in [-0.25, -0.2) is 9.97 Å². The van der Waals surface area contributed by atoms with Crippen molar-refractivity contribution in [3.8, 4) is 11.5 Å². The second kappa shape index (κ2) is 2.86. The molecule has 0 unspecified atom stereocenters.